The van der Waals surface area contributed by atoms with Crippen LogP contribution in [-0.2, 0) is 25.5 Å². The standard InChI is InChI=1S/C27H25NO3.C27H23NO3.CH5P/c2*1-2-16-26(18-29)17-28(24(26)25(30)31)27(19-10-4-3-5-11-19)22-14-8-6-12-20(22)21-13-7-9-15-23(21)27;1-2/h2-15,24,29H,1,16-18H2,(H,30,31);2-15,18,24H,1,16-17H2,(H,30,31);2H2,1H3/t2*24-,26-;/m11./s1/i;;1D. The number of hydrogen-bond acceptors (Lipinski definition) is 6. The van der Waals surface area contributed by atoms with Crippen LogP contribution in [0.1, 0.15) is 47.6 Å². The zero-order valence-electron chi connectivity index (χ0n) is 36.6. The Bertz CT molecular complexity index is 2660. The predicted molar refractivity (Wildman–Crippen MR) is 256 cm³/mol. The minimum Gasteiger partial charge on any atom is -0.480 e. The van der Waals surface area contributed by atoms with Gasteiger partial charge in [-0.3, -0.25) is 19.4 Å². The number of carboxylic acid groups (broad SMARTS) is 2. The van der Waals surface area contributed by atoms with E-state index in [2.05, 4.69) is 88.0 Å². The lowest BCUT2D eigenvalue weighted by molar-refractivity contribution is -0.182. The average Bonchev–Trinajstić information content (AvgIpc) is 3.78. The molecule has 6 aromatic carbocycles. The number of carbonyl (C=O) groups is 3. The molecule has 2 aliphatic carbocycles. The van der Waals surface area contributed by atoms with Crippen LogP contribution in [0.3, 0.4) is 0 Å². The summed E-state index contributed by atoms with van der Waals surface area (Å²) >= 11 is 0. The molecule has 0 radical (unpaired) electrons. The minimum atomic E-state index is -0.989. The molecular formula is C55H53N2O6P. The molecule has 10 rings (SSSR count). The summed E-state index contributed by atoms with van der Waals surface area (Å²) in [4.78, 5) is 41.4. The second-order valence-corrected chi connectivity index (χ2v) is 16.9. The number of carboxylic acids is 2. The highest BCUT2D eigenvalue weighted by atomic mass is 31.0. The van der Waals surface area contributed by atoms with Gasteiger partial charge in [-0.15, -0.1) is 22.4 Å². The molecule has 3 N–H and O–H groups in total. The highest BCUT2D eigenvalue weighted by Gasteiger charge is 2.66. The van der Waals surface area contributed by atoms with Crippen molar-refractivity contribution in [1.82, 2.24) is 9.80 Å². The Morgan fingerprint density at radius 1 is 0.609 bits per heavy atom. The first-order chi connectivity index (χ1) is 31.6. The van der Waals surface area contributed by atoms with Gasteiger partial charge in [0, 0.05) is 19.9 Å². The van der Waals surface area contributed by atoms with Crippen molar-refractivity contribution in [1.29, 1.82) is 0 Å². The maximum atomic E-state index is 12.6. The Morgan fingerprint density at radius 2 is 0.953 bits per heavy atom. The van der Waals surface area contributed by atoms with Crippen LogP contribution in [0.2, 0.25) is 0 Å². The van der Waals surface area contributed by atoms with E-state index >= 15 is 0 Å². The van der Waals surface area contributed by atoms with E-state index in [1.54, 1.807) is 12.2 Å². The molecule has 0 bridgehead atoms. The third-order valence-electron chi connectivity index (χ3n) is 13.9. The lowest BCUT2D eigenvalue weighted by atomic mass is 9.64. The van der Waals surface area contributed by atoms with E-state index in [1.807, 2.05) is 102 Å². The fourth-order valence-corrected chi connectivity index (χ4v) is 11.4. The smallest absolute Gasteiger partial charge is 0.322 e. The van der Waals surface area contributed by atoms with E-state index < -0.39 is 45.9 Å². The molecule has 6 aromatic rings. The number of aliphatic hydroxyl groups excluding tert-OH is 1. The molecule has 0 amide bonds. The van der Waals surface area contributed by atoms with Crippen LogP contribution >= 0.6 is 9.24 Å². The molecule has 2 saturated heterocycles. The third-order valence-corrected chi connectivity index (χ3v) is 13.9. The molecule has 5 atom stereocenters. The normalized spacial score (nSPS) is 22.9. The van der Waals surface area contributed by atoms with Crippen LogP contribution in [0, 0.1) is 10.8 Å². The van der Waals surface area contributed by atoms with Gasteiger partial charge in [-0.05, 0) is 68.5 Å². The maximum Gasteiger partial charge on any atom is 0.322 e. The third kappa shape index (κ3) is 6.38. The highest BCUT2D eigenvalue weighted by Crippen LogP contribution is 2.61. The van der Waals surface area contributed by atoms with Crippen LogP contribution in [0.15, 0.2) is 183 Å². The molecule has 9 heteroatoms. The van der Waals surface area contributed by atoms with Crippen molar-refractivity contribution in [3.63, 3.8) is 0 Å². The van der Waals surface area contributed by atoms with Crippen molar-refractivity contribution in [2.75, 3.05) is 26.3 Å². The van der Waals surface area contributed by atoms with Crippen molar-refractivity contribution in [3.8, 4) is 22.3 Å². The van der Waals surface area contributed by atoms with Gasteiger partial charge in [-0.2, -0.15) is 0 Å². The maximum absolute atomic E-state index is 12.6. The van der Waals surface area contributed by atoms with E-state index in [1.165, 1.54) is 0 Å². The molecule has 64 heavy (non-hydrogen) atoms. The Balaban J connectivity index is 0.000000167. The molecule has 2 aliphatic heterocycles. The fourth-order valence-electron chi connectivity index (χ4n) is 11.4. The second kappa shape index (κ2) is 17.7. The number of aldehydes is 1. The van der Waals surface area contributed by atoms with Gasteiger partial charge in [0.25, 0.3) is 0 Å². The first kappa shape index (κ1) is 43.0. The summed E-state index contributed by atoms with van der Waals surface area (Å²) in [6, 6.07) is 51.2. The van der Waals surface area contributed by atoms with Crippen LogP contribution in [0.4, 0.5) is 0 Å². The number of allylic oxidation sites excluding steroid dienone is 2. The van der Waals surface area contributed by atoms with Crippen molar-refractivity contribution in [2.24, 2.45) is 10.8 Å². The lowest BCUT2D eigenvalue weighted by Crippen LogP contribution is -2.74. The molecule has 4 aliphatic rings. The Labute approximate surface area is 378 Å². The summed E-state index contributed by atoms with van der Waals surface area (Å²) in [5.74, 6) is -1.91. The highest BCUT2D eigenvalue weighted by molar-refractivity contribution is 7.15. The number of fused-ring (bicyclic) bond motifs is 6. The Morgan fingerprint density at radius 3 is 1.28 bits per heavy atom. The number of rotatable bonds is 12. The van der Waals surface area contributed by atoms with E-state index in [0.29, 0.717) is 32.6 Å². The second-order valence-electron chi connectivity index (χ2n) is 16.9. The van der Waals surface area contributed by atoms with Gasteiger partial charge in [0.15, 0.2) is 0 Å². The van der Waals surface area contributed by atoms with Crippen LogP contribution in [0.5, 0.6) is 0 Å². The number of carbonyl (C=O) groups excluding carboxylic acids is 1. The lowest BCUT2D eigenvalue weighted by Gasteiger charge is -2.61. The first-order valence-corrected chi connectivity index (χ1v) is 22.2. The van der Waals surface area contributed by atoms with E-state index in [4.69, 9.17) is 1.37 Å². The molecule has 0 saturated carbocycles. The van der Waals surface area contributed by atoms with Crippen molar-refractivity contribution in [3.05, 3.63) is 216 Å². The Hall–Kier alpha value is -6.28. The number of benzene rings is 6. The van der Waals surface area contributed by atoms with Gasteiger partial charge in [0.2, 0.25) is 0 Å². The summed E-state index contributed by atoms with van der Waals surface area (Å²) in [7, 11) is 2.25. The summed E-state index contributed by atoms with van der Waals surface area (Å²) in [5, 5.41) is 30.9. The van der Waals surface area contributed by atoms with Crippen molar-refractivity contribution < 1.29 is 31.1 Å². The summed E-state index contributed by atoms with van der Waals surface area (Å²) in [5.41, 5.74) is 7.47. The average molecular weight is 870 g/mol. The van der Waals surface area contributed by atoms with Crippen LogP contribution in [-0.4, -0.2) is 81.8 Å². The fraction of sp³-hybridized carbons (Fsp3) is 0.218. The van der Waals surface area contributed by atoms with E-state index in [9.17, 15) is 29.7 Å². The molecule has 1 unspecified atom stereocenters. The van der Waals surface area contributed by atoms with Crippen LogP contribution < -0.4 is 0 Å². The number of hydrogen-bond donors (Lipinski definition) is 3. The van der Waals surface area contributed by atoms with E-state index in [-0.39, 0.29) is 6.61 Å². The molecule has 0 aromatic heterocycles. The molecule has 324 valence electrons. The quantitative estimate of drug-likeness (QED) is 0.0634. The van der Waals surface area contributed by atoms with E-state index in [0.717, 1.165) is 61.9 Å². The Kier molecular flexibility index (Phi) is 11.9. The number of nitrogens with zero attached hydrogens (tertiary/aromatic N) is 2. The summed E-state index contributed by atoms with van der Waals surface area (Å²) in [6.45, 7) is 8.62. The molecule has 0 spiro atoms. The summed E-state index contributed by atoms with van der Waals surface area (Å²) < 4.78 is 6.17. The van der Waals surface area contributed by atoms with Gasteiger partial charge >= 0.3 is 11.9 Å². The SMILES string of the molecule is C=CC[C@]1(C=O)CN(C2(c3ccccc3)c3ccccc3-c3ccccc32)[C@@H]1C(=O)O.C=CC[C@]1(CO)CN(C2(c3ccccc3)c3ccccc3-c3ccccc32)[C@@H]1C(=O)O.[2H]CP. The van der Waals surface area contributed by atoms with Crippen molar-refractivity contribution >= 4 is 27.5 Å². The van der Waals surface area contributed by atoms with Crippen LogP contribution in [0.25, 0.3) is 22.3 Å². The molecule has 2 heterocycles. The number of aliphatic carboxylic acids is 2. The zero-order chi connectivity index (χ0) is 46.0. The van der Waals surface area contributed by atoms with Gasteiger partial charge < -0.3 is 20.1 Å². The molecule has 8 nitrogen and oxygen atoms in total. The minimum absolute atomic E-state index is 0.194. The predicted octanol–water partition coefficient (Wildman–Crippen LogP) is 9.26. The topological polar surface area (TPSA) is 118 Å². The molecule has 2 fully saturated rings. The largest absolute Gasteiger partial charge is 0.480 e. The van der Waals surface area contributed by atoms with Crippen molar-refractivity contribution in [2.45, 2.75) is 36.0 Å². The zero-order valence-corrected chi connectivity index (χ0v) is 36.7. The number of aliphatic hydroxyl groups is 1. The van der Waals surface area contributed by atoms with Gasteiger partial charge in [0.05, 0.1) is 23.1 Å². The summed E-state index contributed by atoms with van der Waals surface area (Å²) in [6.07, 6.45) is 4.96. The van der Waals surface area contributed by atoms with Gasteiger partial charge in [-0.1, -0.05) is 177 Å². The van der Waals surface area contributed by atoms with Gasteiger partial charge in [-0.25, -0.2) is 0 Å². The molecular weight excluding hydrogens is 816 g/mol. The number of likely N-dealkylation sites (tertiary alicyclic amines) is 2. The van der Waals surface area contributed by atoms with Gasteiger partial charge in [0.1, 0.15) is 18.4 Å². The first-order valence-electron chi connectivity index (χ1n) is 22.1. The monoisotopic (exact) mass is 869 g/mol.